The van der Waals surface area contributed by atoms with Crippen molar-refractivity contribution in [3.63, 3.8) is 0 Å². The van der Waals surface area contributed by atoms with Crippen LogP contribution in [0.4, 0.5) is 4.79 Å². The van der Waals surface area contributed by atoms with Crippen LogP contribution in [0.2, 0.25) is 0 Å². The van der Waals surface area contributed by atoms with Gasteiger partial charge >= 0.3 is 12.1 Å². The van der Waals surface area contributed by atoms with Gasteiger partial charge in [0.25, 0.3) is 0 Å². The van der Waals surface area contributed by atoms with E-state index >= 15 is 0 Å². The van der Waals surface area contributed by atoms with Crippen LogP contribution in [-0.4, -0.2) is 85.7 Å². The lowest BCUT2D eigenvalue weighted by atomic mass is 9.96. The number of esters is 1. The summed E-state index contributed by atoms with van der Waals surface area (Å²) in [5, 5.41) is 0. The molecule has 0 bridgehead atoms. The lowest BCUT2D eigenvalue weighted by molar-refractivity contribution is -0.164. The molecule has 1 fully saturated rings. The Balaban J connectivity index is 2.47. The first kappa shape index (κ1) is 32.7. The fraction of sp³-hybridized carbons (Fsp3) is 0.724. The summed E-state index contributed by atoms with van der Waals surface area (Å²) in [6.45, 7) is 16.7. The lowest BCUT2D eigenvalue weighted by Gasteiger charge is -2.41. The van der Waals surface area contributed by atoms with Crippen molar-refractivity contribution in [1.29, 1.82) is 0 Å². The molecule has 0 unspecified atom stereocenters. The second-order valence-electron chi connectivity index (χ2n) is 11.5. The molecule has 39 heavy (non-hydrogen) atoms. The first-order chi connectivity index (χ1) is 18.1. The molecule has 1 heterocycles. The maximum atomic E-state index is 13.6. The molecule has 10 heteroatoms. The summed E-state index contributed by atoms with van der Waals surface area (Å²) in [6, 6.07) is 6.39. The molecule has 1 aromatic carbocycles. The van der Waals surface area contributed by atoms with E-state index in [2.05, 4.69) is 0 Å². The molecule has 0 radical (unpaired) electrons. The Kier molecular flexibility index (Phi) is 11.4. The highest BCUT2D eigenvalue weighted by Crippen LogP contribution is 2.39. The highest BCUT2D eigenvalue weighted by molar-refractivity contribution is 5.79. The molecule has 1 amide bonds. The highest BCUT2D eigenvalue weighted by Gasteiger charge is 2.59. The number of benzene rings is 1. The molecular weight excluding hydrogens is 506 g/mol. The minimum Gasteiger partial charge on any atom is -0.497 e. The van der Waals surface area contributed by atoms with E-state index in [0.29, 0.717) is 18.8 Å². The van der Waals surface area contributed by atoms with Crippen LogP contribution in [0.25, 0.3) is 0 Å². The number of carbonyl (C=O) groups is 2. The first-order valence-electron chi connectivity index (χ1n) is 13.4. The molecule has 222 valence electrons. The first-order valence-corrected chi connectivity index (χ1v) is 13.4. The SMILES string of the molecule is COC(=O)[C@H]1OC(C)(C)N(C(=O)OC(C)(C)C)[C@@H]1[C@H](OC(C)C)[C@H](CCOc1ccc(OC)cc1)OC(C)C. The van der Waals surface area contributed by atoms with Crippen LogP contribution in [0.15, 0.2) is 24.3 Å². The van der Waals surface area contributed by atoms with E-state index in [0.717, 1.165) is 5.75 Å². The normalized spacial score (nSPS) is 20.6. The number of hydrogen-bond donors (Lipinski definition) is 0. The third-order valence-electron chi connectivity index (χ3n) is 5.94. The van der Waals surface area contributed by atoms with Crippen molar-refractivity contribution in [1.82, 2.24) is 4.90 Å². The van der Waals surface area contributed by atoms with E-state index in [-0.39, 0.29) is 12.2 Å². The van der Waals surface area contributed by atoms with E-state index in [9.17, 15) is 9.59 Å². The molecule has 0 aliphatic carbocycles. The maximum absolute atomic E-state index is 13.6. The van der Waals surface area contributed by atoms with Gasteiger partial charge in [-0.1, -0.05) is 0 Å². The predicted molar refractivity (Wildman–Crippen MR) is 146 cm³/mol. The van der Waals surface area contributed by atoms with Crippen LogP contribution >= 0.6 is 0 Å². The summed E-state index contributed by atoms with van der Waals surface area (Å²) in [5.74, 6) is 0.788. The monoisotopic (exact) mass is 553 g/mol. The Morgan fingerprint density at radius 3 is 2.03 bits per heavy atom. The zero-order chi connectivity index (χ0) is 29.5. The molecule has 1 aliphatic heterocycles. The van der Waals surface area contributed by atoms with Gasteiger partial charge in [0.2, 0.25) is 0 Å². The summed E-state index contributed by atoms with van der Waals surface area (Å²) in [7, 11) is 2.89. The third-order valence-corrected chi connectivity index (χ3v) is 5.94. The minimum absolute atomic E-state index is 0.170. The Morgan fingerprint density at radius 1 is 0.974 bits per heavy atom. The fourth-order valence-corrected chi connectivity index (χ4v) is 4.53. The van der Waals surface area contributed by atoms with Crippen LogP contribution in [0.5, 0.6) is 11.5 Å². The molecule has 0 spiro atoms. The molecule has 1 saturated heterocycles. The summed E-state index contributed by atoms with van der Waals surface area (Å²) in [4.78, 5) is 28.0. The number of nitrogens with zero attached hydrogens (tertiary/aromatic N) is 1. The standard InChI is InChI=1S/C29H47NO9/c1-18(2)36-22(16-17-35-21-14-12-20(33-10)13-15-21)24(37-19(3)4)23-25(26(31)34-11)38-29(8,9)30(23)27(32)39-28(5,6)7/h12-15,18-19,22-25H,16-17H2,1-11H3/t22-,23+,24+,25-/m0/s1. The van der Waals surface area contributed by atoms with Crippen molar-refractivity contribution in [3.05, 3.63) is 24.3 Å². The van der Waals surface area contributed by atoms with E-state index in [1.54, 1.807) is 41.7 Å². The lowest BCUT2D eigenvalue weighted by Crippen LogP contribution is -2.59. The Hall–Kier alpha value is -2.56. The zero-order valence-corrected chi connectivity index (χ0v) is 25.3. The number of carbonyl (C=O) groups excluding carboxylic acids is 2. The van der Waals surface area contributed by atoms with Crippen molar-refractivity contribution in [3.8, 4) is 11.5 Å². The summed E-state index contributed by atoms with van der Waals surface area (Å²) >= 11 is 0. The van der Waals surface area contributed by atoms with Crippen molar-refractivity contribution < 1.29 is 42.7 Å². The average Bonchev–Trinajstić information content (AvgIpc) is 3.11. The third kappa shape index (κ3) is 9.25. The van der Waals surface area contributed by atoms with Crippen molar-refractivity contribution >= 4 is 12.1 Å². The van der Waals surface area contributed by atoms with Crippen molar-refractivity contribution in [2.45, 2.75) is 117 Å². The van der Waals surface area contributed by atoms with Gasteiger partial charge in [0.15, 0.2) is 6.10 Å². The smallest absolute Gasteiger partial charge is 0.413 e. The molecule has 1 aliphatic rings. The van der Waals surface area contributed by atoms with Crippen LogP contribution in [0.1, 0.15) is 68.7 Å². The Bertz CT molecular complexity index is 924. The average molecular weight is 554 g/mol. The number of amides is 1. The van der Waals surface area contributed by atoms with Gasteiger partial charge < -0.3 is 33.2 Å². The van der Waals surface area contributed by atoms with Crippen LogP contribution in [-0.2, 0) is 28.5 Å². The minimum atomic E-state index is -1.19. The van der Waals surface area contributed by atoms with E-state index < -0.39 is 47.7 Å². The molecule has 0 aromatic heterocycles. The molecule has 0 N–H and O–H groups in total. The van der Waals surface area contributed by atoms with Crippen LogP contribution in [0.3, 0.4) is 0 Å². The molecule has 1 aromatic rings. The van der Waals surface area contributed by atoms with Gasteiger partial charge in [-0.2, -0.15) is 0 Å². The van der Waals surface area contributed by atoms with Gasteiger partial charge in [-0.05, 0) is 86.6 Å². The van der Waals surface area contributed by atoms with Gasteiger partial charge in [0.05, 0.1) is 39.1 Å². The molecular formula is C29H47NO9. The molecule has 10 nitrogen and oxygen atoms in total. The second kappa shape index (κ2) is 13.7. The fourth-order valence-electron chi connectivity index (χ4n) is 4.53. The molecule has 4 atom stereocenters. The largest absolute Gasteiger partial charge is 0.497 e. The van der Waals surface area contributed by atoms with E-state index in [1.807, 2.05) is 52.0 Å². The summed E-state index contributed by atoms with van der Waals surface area (Å²) < 4.78 is 41.0. The summed E-state index contributed by atoms with van der Waals surface area (Å²) in [6.07, 6.45) is -3.10. The van der Waals surface area contributed by atoms with Gasteiger partial charge in [0.1, 0.15) is 35.0 Å². The van der Waals surface area contributed by atoms with Crippen LogP contribution < -0.4 is 9.47 Å². The highest BCUT2D eigenvalue weighted by atomic mass is 16.6. The molecule has 2 rings (SSSR count). The topological polar surface area (TPSA) is 102 Å². The van der Waals surface area contributed by atoms with Crippen molar-refractivity contribution in [2.24, 2.45) is 0 Å². The summed E-state index contributed by atoms with van der Waals surface area (Å²) in [5.41, 5.74) is -1.96. The Morgan fingerprint density at radius 2 is 1.54 bits per heavy atom. The van der Waals surface area contributed by atoms with E-state index in [4.69, 9.17) is 33.2 Å². The predicted octanol–water partition coefficient (Wildman–Crippen LogP) is 4.96. The number of hydrogen-bond acceptors (Lipinski definition) is 9. The molecule has 0 saturated carbocycles. The number of ether oxygens (including phenoxy) is 7. The van der Waals surface area contributed by atoms with Crippen molar-refractivity contribution in [2.75, 3.05) is 20.8 Å². The zero-order valence-electron chi connectivity index (χ0n) is 25.3. The quantitative estimate of drug-likeness (QED) is 0.332. The number of methoxy groups -OCH3 is 2. The van der Waals surface area contributed by atoms with Gasteiger partial charge in [-0.25, -0.2) is 9.59 Å². The number of rotatable bonds is 12. The van der Waals surface area contributed by atoms with Gasteiger partial charge in [0, 0.05) is 6.42 Å². The maximum Gasteiger partial charge on any atom is 0.413 e. The van der Waals surface area contributed by atoms with Gasteiger partial charge in [-0.3, -0.25) is 4.90 Å². The van der Waals surface area contributed by atoms with Crippen LogP contribution in [0, 0.1) is 0 Å². The van der Waals surface area contributed by atoms with E-state index in [1.165, 1.54) is 12.0 Å². The van der Waals surface area contributed by atoms with Gasteiger partial charge in [-0.15, -0.1) is 0 Å². The second-order valence-corrected chi connectivity index (χ2v) is 11.5. The Labute approximate surface area is 233 Å².